The van der Waals surface area contributed by atoms with Gasteiger partial charge in [0.2, 0.25) is 5.91 Å². The number of hydrogen-bond donors (Lipinski definition) is 4. The highest BCUT2D eigenvalue weighted by molar-refractivity contribution is 7.13. The highest BCUT2D eigenvalue weighted by Gasteiger charge is 2.39. The molecule has 1 aliphatic rings. The third-order valence-corrected chi connectivity index (χ3v) is 7.02. The molecule has 2 heterocycles. The molecule has 4 atom stereocenters. The number of aliphatic hydroxyl groups is 2. The number of β-amino-alcohol motifs (C(OH)–C–C–N with tert-alkyl or cyclic N) is 1. The van der Waals surface area contributed by atoms with Crippen LogP contribution in [0.1, 0.15) is 24.6 Å². The van der Waals surface area contributed by atoms with E-state index in [1.165, 1.54) is 17.0 Å². The monoisotopic (exact) mass is 484 g/mol. The predicted octanol–water partition coefficient (Wildman–Crippen LogP) is 3.13. The van der Waals surface area contributed by atoms with E-state index in [2.05, 4.69) is 15.6 Å². The van der Waals surface area contributed by atoms with Crippen LogP contribution in [0.15, 0.2) is 54.0 Å². The minimum atomic E-state index is -0.998. The van der Waals surface area contributed by atoms with Crippen LogP contribution < -0.4 is 10.6 Å². The minimum absolute atomic E-state index is 0.153. The number of halogens is 1. The number of rotatable bonds is 8. The summed E-state index contributed by atoms with van der Waals surface area (Å²) in [5, 5.41) is 27.1. The van der Waals surface area contributed by atoms with Crippen molar-refractivity contribution in [1.82, 2.24) is 15.2 Å². The summed E-state index contributed by atoms with van der Waals surface area (Å²) in [6, 6.07) is 12.7. The first kappa shape index (κ1) is 24.3. The van der Waals surface area contributed by atoms with Crippen molar-refractivity contribution in [3.05, 3.63) is 71.1 Å². The Bertz CT molecular complexity index is 1110. The molecule has 1 amide bonds. The molecule has 9 heteroatoms. The molecule has 0 aliphatic carbocycles. The molecule has 0 spiro atoms. The Balaban J connectivity index is 1.35. The van der Waals surface area contributed by atoms with Gasteiger partial charge in [-0.05, 0) is 55.7 Å². The van der Waals surface area contributed by atoms with Gasteiger partial charge in [0.1, 0.15) is 18.1 Å². The number of anilines is 1. The largest absolute Gasteiger partial charge is 0.391 e. The average molecular weight is 485 g/mol. The lowest BCUT2D eigenvalue weighted by atomic mass is 10.1. The molecule has 34 heavy (non-hydrogen) atoms. The summed E-state index contributed by atoms with van der Waals surface area (Å²) >= 11 is 1.60. The van der Waals surface area contributed by atoms with Gasteiger partial charge < -0.3 is 20.4 Å². The number of thiazole rings is 1. The first-order valence-corrected chi connectivity index (χ1v) is 12.1. The summed E-state index contributed by atoms with van der Waals surface area (Å²) in [5.74, 6) is -0.592. The van der Waals surface area contributed by atoms with Crippen LogP contribution in [0.4, 0.5) is 10.1 Å². The number of aryl methyl sites for hydroxylation is 1. The summed E-state index contributed by atoms with van der Waals surface area (Å²) in [6.45, 7) is 4.26. The van der Waals surface area contributed by atoms with E-state index >= 15 is 0 Å². The van der Waals surface area contributed by atoms with Gasteiger partial charge in [-0.2, -0.15) is 0 Å². The molecule has 4 rings (SSSR count). The van der Waals surface area contributed by atoms with Crippen molar-refractivity contribution < 1.29 is 19.4 Å². The fourth-order valence-corrected chi connectivity index (χ4v) is 5.03. The maximum Gasteiger partial charge on any atom is 0.245 e. The number of carbonyl (C=O) groups excluding carboxylic acids is 1. The Morgan fingerprint density at radius 1 is 1.24 bits per heavy atom. The van der Waals surface area contributed by atoms with Crippen molar-refractivity contribution in [1.29, 1.82) is 0 Å². The van der Waals surface area contributed by atoms with E-state index in [9.17, 15) is 19.4 Å². The Kier molecular flexibility index (Phi) is 7.57. The molecular weight excluding hydrogens is 455 g/mol. The number of aliphatic hydroxyl groups excluding tert-OH is 2. The van der Waals surface area contributed by atoms with Crippen LogP contribution in [0.5, 0.6) is 0 Å². The summed E-state index contributed by atoms with van der Waals surface area (Å²) in [4.78, 5) is 20.0. The average Bonchev–Trinajstić information content (AvgIpc) is 3.44. The second-order valence-corrected chi connectivity index (χ2v) is 9.46. The molecular formula is C25H29FN4O3S. The first-order valence-electron chi connectivity index (χ1n) is 11.2. The number of nitrogens with one attached hydrogen (secondary N) is 2. The minimum Gasteiger partial charge on any atom is -0.391 e. The molecule has 2 aromatic carbocycles. The standard InChI is InChI=1S/C25H29FN4O3S/c1-15-23(34-14-28-15)18-5-3-17(4-6-18)12-27-24(32)22-11-21(31)13-30(22)25(33)16(2)29-20-9-7-19(26)8-10-20/h3-10,14,16,21-22,24,27,29,31-32H,11-13H2,1-2H3/t16?,21-,22+,24?/m1/s1. The van der Waals surface area contributed by atoms with Crippen molar-refractivity contribution >= 4 is 22.9 Å². The van der Waals surface area contributed by atoms with Crippen LogP contribution in [0.3, 0.4) is 0 Å². The van der Waals surface area contributed by atoms with Gasteiger partial charge in [-0.25, -0.2) is 9.37 Å². The summed E-state index contributed by atoms with van der Waals surface area (Å²) < 4.78 is 13.1. The molecule has 1 saturated heterocycles. The third-order valence-electron chi connectivity index (χ3n) is 6.04. The second-order valence-electron chi connectivity index (χ2n) is 8.61. The Labute approximate surface area is 202 Å². The molecule has 0 radical (unpaired) electrons. The summed E-state index contributed by atoms with van der Waals surface area (Å²) in [7, 11) is 0. The number of amides is 1. The Morgan fingerprint density at radius 3 is 2.59 bits per heavy atom. The smallest absolute Gasteiger partial charge is 0.245 e. The van der Waals surface area contributed by atoms with E-state index < -0.39 is 24.4 Å². The Morgan fingerprint density at radius 2 is 1.94 bits per heavy atom. The second kappa shape index (κ2) is 10.6. The number of aromatic nitrogens is 1. The van der Waals surface area contributed by atoms with Crippen molar-refractivity contribution in [3.8, 4) is 10.4 Å². The molecule has 1 aromatic heterocycles. The molecule has 4 N–H and O–H groups in total. The quantitative estimate of drug-likeness (QED) is 0.367. The van der Waals surface area contributed by atoms with Crippen LogP contribution in [0.25, 0.3) is 10.4 Å². The Hall–Kier alpha value is -2.85. The molecule has 1 fully saturated rings. The van der Waals surface area contributed by atoms with Crippen LogP contribution in [-0.2, 0) is 11.3 Å². The number of benzene rings is 2. The fourth-order valence-electron chi connectivity index (χ4n) is 4.21. The van der Waals surface area contributed by atoms with Crippen molar-refractivity contribution in [3.63, 3.8) is 0 Å². The van der Waals surface area contributed by atoms with Crippen LogP contribution in [0, 0.1) is 12.7 Å². The van der Waals surface area contributed by atoms with Crippen LogP contribution in [-0.4, -0.2) is 57.0 Å². The molecule has 180 valence electrons. The molecule has 3 aromatic rings. The van der Waals surface area contributed by atoms with Gasteiger partial charge in [0.05, 0.1) is 28.2 Å². The van der Waals surface area contributed by atoms with E-state index in [0.29, 0.717) is 12.2 Å². The number of likely N-dealkylation sites (tertiary alicyclic amines) is 1. The van der Waals surface area contributed by atoms with Crippen LogP contribution >= 0.6 is 11.3 Å². The number of carbonyl (C=O) groups is 1. The van der Waals surface area contributed by atoms with E-state index in [1.807, 2.05) is 36.7 Å². The summed E-state index contributed by atoms with van der Waals surface area (Å²) in [6.07, 6.45) is -1.42. The maximum absolute atomic E-state index is 13.1. The lowest BCUT2D eigenvalue weighted by Crippen LogP contribution is -2.52. The maximum atomic E-state index is 13.1. The van der Waals surface area contributed by atoms with Crippen LogP contribution in [0.2, 0.25) is 0 Å². The SMILES string of the molecule is Cc1ncsc1-c1ccc(CNC(O)[C@@H]2C[C@@H](O)CN2C(=O)C(C)Nc2ccc(F)cc2)cc1. The predicted molar refractivity (Wildman–Crippen MR) is 131 cm³/mol. The van der Waals surface area contributed by atoms with Gasteiger partial charge >= 0.3 is 0 Å². The molecule has 0 saturated carbocycles. The molecule has 1 aliphatic heterocycles. The highest BCUT2D eigenvalue weighted by Crippen LogP contribution is 2.27. The van der Waals surface area contributed by atoms with Gasteiger partial charge in [0.15, 0.2) is 0 Å². The summed E-state index contributed by atoms with van der Waals surface area (Å²) in [5.41, 5.74) is 5.54. The molecule has 2 unspecified atom stereocenters. The fraction of sp³-hybridized carbons (Fsp3) is 0.360. The topological polar surface area (TPSA) is 97.7 Å². The van der Waals surface area contributed by atoms with Gasteiger partial charge in [-0.15, -0.1) is 11.3 Å². The first-order chi connectivity index (χ1) is 16.3. The number of hydrogen-bond acceptors (Lipinski definition) is 7. The van der Waals surface area contributed by atoms with E-state index in [1.54, 1.807) is 30.4 Å². The van der Waals surface area contributed by atoms with Crippen molar-refractivity contribution in [2.24, 2.45) is 0 Å². The molecule has 0 bridgehead atoms. The normalized spacial score (nSPS) is 19.7. The number of nitrogens with zero attached hydrogens (tertiary/aromatic N) is 2. The van der Waals surface area contributed by atoms with Gasteiger partial charge in [0, 0.05) is 18.8 Å². The van der Waals surface area contributed by atoms with E-state index in [0.717, 1.165) is 21.7 Å². The lowest BCUT2D eigenvalue weighted by Gasteiger charge is -2.31. The van der Waals surface area contributed by atoms with Crippen molar-refractivity contribution in [2.75, 3.05) is 11.9 Å². The zero-order valence-corrected chi connectivity index (χ0v) is 19.9. The lowest BCUT2D eigenvalue weighted by molar-refractivity contribution is -0.135. The molecule has 7 nitrogen and oxygen atoms in total. The van der Waals surface area contributed by atoms with E-state index in [4.69, 9.17) is 0 Å². The van der Waals surface area contributed by atoms with Gasteiger partial charge in [-0.3, -0.25) is 10.1 Å². The van der Waals surface area contributed by atoms with Crippen molar-refractivity contribution in [2.45, 2.75) is 51.2 Å². The zero-order valence-electron chi connectivity index (χ0n) is 19.1. The van der Waals surface area contributed by atoms with Gasteiger partial charge in [-0.1, -0.05) is 24.3 Å². The van der Waals surface area contributed by atoms with Gasteiger partial charge in [0.25, 0.3) is 0 Å². The highest BCUT2D eigenvalue weighted by atomic mass is 32.1. The van der Waals surface area contributed by atoms with E-state index in [-0.39, 0.29) is 24.7 Å². The third kappa shape index (κ3) is 5.61. The zero-order chi connectivity index (χ0) is 24.2.